The van der Waals surface area contributed by atoms with E-state index in [4.69, 9.17) is 0 Å². The van der Waals surface area contributed by atoms with Crippen molar-refractivity contribution in [3.05, 3.63) is 58.0 Å². The van der Waals surface area contributed by atoms with Crippen LogP contribution in [-0.2, 0) is 29.2 Å². The minimum atomic E-state index is -3.39. The lowest BCUT2D eigenvalue weighted by Gasteiger charge is -2.08. The van der Waals surface area contributed by atoms with Crippen molar-refractivity contribution < 1.29 is 8.42 Å². The molecule has 1 aromatic carbocycles. The quantitative estimate of drug-likeness (QED) is 0.851. The summed E-state index contributed by atoms with van der Waals surface area (Å²) in [6.45, 7) is 0.0866. The molecule has 2 aromatic rings. The monoisotopic (exact) mass is 304 g/mol. The third-order valence-electron chi connectivity index (χ3n) is 3.70. The van der Waals surface area contributed by atoms with Crippen LogP contribution in [0.3, 0.4) is 0 Å². The molecule has 1 aromatic heterocycles. The second kappa shape index (κ2) is 5.44. The Morgan fingerprint density at radius 3 is 2.67 bits per heavy atom. The van der Waals surface area contributed by atoms with Crippen molar-refractivity contribution in [3.63, 3.8) is 0 Å². The lowest BCUT2D eigenvalue weighted by atomic mass is 10.2. The summed E-state index contributed by atoms with van der Waals surface area (Å²) in [7, 11) is -3.39. The molecule has 0 spiro atoms. The van der Waals surface area contributed by atoms with Gasteiger partial charge in [-0.3, -0.25) is 4.79 Å². The van der Waals surface area contributed by atoms with Gasteiger partial charge in [0.2, 0.25) is 0 Å². The Bertz CT molecular complexity index is 811. The summed E-state index contributed by atoms with van der Waals surface area (Å²) in [6.07, 6.45) is 2.76. The number of fused-ring (bicyclic) bond motifs is 1. The SMILES string of the molecule is O=c1cc2c(nn1CCS(=O)(=O)c1ccccc1)CCC2. The molecular weight excluding hydrogens is 288 g/mol. The molecule has 110 valence electrons. The molecule has 0 atom stereocenters. The summed E-state index contributed by atoms with van der Waals surface area (Å²) in [6, 6.07) is 9.86. The fraction of sp³-hybridized carbons (Fsp3) is 0.333. The van der Waals surface area contributed by atoms with Gasteiger partial charge in [0, 0.05) is 6.07 Å². The highest BCUT2D eigenvalue weighted by Crippen LogP contribution is 2.17. The van der Waals surface area contributed by atoms with Gasteiger partial charge >= 0.3 is 0 Å². The van der Waals surface area contributed by atoms with Gasteiger partial charge in [-0.2, -0.15) is 5.10 Å². The van der Waals surface area contributed by atoms with E-state index in [2.05, 4.69) is 5.10 Å². The van der Waals surface area contributed by atoms with E-state index in [9.17, 15) is 13.2 Å². The van der Waals surface area contributed by atoms with Crippen molar-refractivity contribution >= 4 is 9.84 Å². The molecule has 0 fully saturated rings. The van der Waals surface area contributed by atoms with E-state index in [1.54, 1.807) is 36.4 Å². The maximum absolute atomic E-state index is 12.2. The lowest BCUT2D eigenvalue weighted by Crippen LogP contribution is -2.27. The Morgan fingerprint density at radius 1 is 1.14 bits per heavy atom. The predicted molar refractivity (Wildman–Crippen MR) is 79.0 cm³/mol. The zero-order chi connectivity index (χ0) is 14.9. The van der Waals surface area contributed by atoms with E-state index in [1.165, 1.54) is 4.68 Å². The molecule has 5 nitrogen and oxygen atoms in total. The van der Waals surface area contributed by atoms with E-state index in [-0.39, 0.29) is 22.8 Å². The first-order valence-electron chi connectivity index (χ1n) is 6.94. The smallest absolute Gasteiger partial charge is 0.267 e. The van der Waals surface area contributed by atoms with E-state index in [0.717, 1.165) is 30.5 Å². The summed E-state index contributed by atoms with van der Waals surface area (Å²) in [5.41, 5.74) is 1.70. The van der Waals surface area contributed by atoms with Crippen molar-refractivity contribution in [2.24, 2.45) is 0 Å². The van der Waals surface area contributed by atoms with Gasteiger partial charge in [0.15, 0.2) is 9.84 Å². The first-order valence-corrected chi connectivity index (χ1v) is 8.59. The third kappa shape index (κ3) is 2.90. The summed E-state index contributed by atoms with van der Waals surface area (Å²) in [4.78, 5) is 12.2. The highest BCUT2D eigenvalue weighted by atomic mass is 32.2. The zero-order valence-corrected chi connectivity index (χ0v) is 12.3. The molecule has 0 unspecified atom stereocenters. The Morgan fingerprint density at radius 2 is 1.90 bits per heavy atom. The van der Waals surface area contributed by atoms with Crippen molar-refractivity contribution in [1.82, 2.24) is 9.78 Å². The standard InChI is InChI=1S/C15H16N2O3S/c18-15-11-12-5-4-8-14(12)16-17(15)9-10-21(19,20)13-6-2-1-3-7-13/h1-3,6-7,11H,4-5,8-10H2. The van der Waals surface area contributed by atoms with Crippen LogP contribution in [0.1, 0.15) is 17.7 Å². The van der Waals surface area contributed by atoms with Crippen LogP contribution in [-0.4, -0.2) is 24.0 Å². The van der Waals surface area contributed by atoms with E-state index >= 15 is 0 Å². The van der Waals surface area contributed by atoms with Crippen LogP contribution in [0.15, 0.2) is 46.1 Å². The van der Waals surface area contributed by atoms with Gasteiger partial charge in [0.05, 0.1) is 22.9 Å². The highest BCUT2D eigenvalue weighted by Gasteiger charge is 2.17. The Balaban J connectivity index is 1.81. The number of aromatic nitrogens is 2. The van der Waals surface area contributed by atoms with Crippen molar-refractivity contribution in [1.29, 1.82) is 0 Å². The first-order chi connectivity index (χ1) is 10.1. The van der Waals surface area contributed by atoms with Crippen molar-refractivity contribution in [2.45, 2.75) is 30.7 Å². The summed E-state index contributed by atoms with van der Waals surface area (Å²) in [5.74, 6) is -0.122. The van der Waals surface area contributed by atoms with Crippen LogP contribution < -0.4 is 5.56 Å². The third-order valence-corrected chi connectivity index (χ3v) is 5.41. The predicted octanol–water partition coefficient (Wildman–Crippen LogP) is 1.21. The van der Waals surface area contributed by atoms with Gasteiger partial charge in [-0.05, 0) is 37.0 Å². The average molecular weight is 304 g/mol. The molecule has 0 bridgehead atoms. The Labute approximate surface area is 123 Å². The molecule has 0 N–H and O–H groups in total. The molecule has 1 aliphatic rings. The molecular formula is C15H16N2O3S. The number of aryl methyl sites for hydroxylation is 3. The Hall–Kier alpha value is -1.95. The maximum Gasteiger partial charge on any atom is 0.267 e. The molecule has 0 saturated carbocycles. The van der Waals surface area contributed by atoms with Gasteiger partial charge in [-0.1, -0.05) is 18.2 Å². The summed E-state index contributed by atoms with van der Waals surface area (Å²) in [5, 5.41) is 4.29. The fourth-order valence-electron chi connectivity index (χ4n) is 2.55. The van der Waals surface area contributed by atoms with Crippen LogP contribution in [0.5, 0.6) is 0 Å². The largest absolute Gasteiger partial charge is 0.268 e. The fourth-order valence-corrected chi connectivity index (χ4v) is 3.77. The number of rotatable bonds is 4. The number of benzene rings is 1. The molecule has 0 saturated heterocycles. The second-order valence-electron chi connectivity index (χ2n) is 5.16. The van der Waals surface area contributed by atoms with E-state index in [0.29, 0.717) is 0 Å². The highest BCUT2D eigenvalue weighted by molar-refractivity contribution is 7.91. The maximum atomic E-state index is 12.2. The number of hydrogen-bond acceptors (Lipinski definition) is 4. The molecule has 0 amide bonds. The van der Waals surface area contributed by atoms with Crippen molar-refractivity contribution in [2.75, 3.05) is 5.75 Å². The normalized spacial score (nSPS) is 14.1. The zero-order valence-electron chi connectivity index (χ0n) is 11.5. The van der Waals surface area contributed by atoms with Crippen molar-refractivity contribution in [3.8, 4) is 0 Å². The van der Waals surface area contributed by atoms with Crippen LogP contribution in [0.2, 0.25) is 0 Å². The van der Waals surface area contributed by atoms with Crippen LogP contribution in [0, 0.1) is 0 Å². The Kier molecular flexibility index (Phi) is 3.63. The molecule has 0 aliphatic heterocycles. The molecule has 6 heteroatoms. The van der Waals surface area contributed by atoms with Gasteiger partial charge in [0.1, 0.15) is 0 Å². The van der Waals surface area contributed by atoms with E-state index in [1.807, 2.05) is 0 Å². The summed E-state index contributed by atoms with van der Waals surface area (Å²) < 4.78 is 25.7. The number of hydrogen-bond donors (Lipinski definition) is 0. The average Bonchev–Trinajstić information content (AvgIpc) is 2.93. The van der Waals surface area contributed by atoms with Crippen LogP contribution in [0.25, 0.3) is 0 Å². The molecule has 0 radical (unpaired) electrons. The minimum absolute atomic E-state index is 0.0866. The number of sulfone groups is 1. The second-order valence-corrected chi connectivity index (χ2v) is 7.27. The van der Waals surface area contributed by atoms with Crippen LogP contribution in [0.4, 0.5) is 0 Å². The van der Waals surface area contributed by atoms with E-state index < -0.39 is 9.84 Å². The summed E-state index contributed by atoms with van der Waals surface area (Å²) >= 11 is 0. The molecule has 21 heavy (non-hydrogen) atoms. The van der Waals surface area contributed by atoms with Crippen LogP contribution >= 0.6 is 0 Å². The molecule has 1 aliphatic carbocycles. The minimum Gasteiger partial charge on any atom is -0.268 e. The van der Waals surface area contributed by atoms with Gasteiger partial charge in [-0.15, -0.1) is 0 Å². The van der Waals surface area contributed by atoms with Gasteiger partial charge in [0.25, 0.3) is 5.56 Å². The first kappa shape index (κ1) is 14.0. The van der Waals surface area contributed by atoms with Gasteiger partial charge in [-0.25, -0.2) is 13.1 Å². The van der Waals surface area contributed by atoms with Gasteiger partial charge < -0.3 is 0 Å². The molecule has 1 heterocycles. The lowest BCUT2D eigenvalue weighted by molar-refractivity contribution is 0.566. The number of nitrogens with zero attached hydrogens (tertiary/aromatic N) is 2. The molecule has 3 rings (SSSR count). The topological polar surface area (TPSA) is 69.0 Å².